The van der Waals surface area contributed by atoms with Crippen LogP contribution < -0.4 is 5.32 Å². The molecule has 1 aliphatic carbocycles. The van der Waals surface area contributed by atoms with E-state index in [9.17, 15) is 19.2 Å². The summed E-state index contributed by atoms with van der Waals surface area (Å²) in [6.07, 6.45) is 2.94. The lowest BCUT2D eigenvalue weighted by Gasteiger charge is -2.19. The van der Waals surface area contributed by atoms with Crippen LogP contribution in [0.15, 0.2) is 42.5 Å². The Balaban J connectivity index is 1.67. The summed E-state index contributed by atoms with van der Waals surface area (Å²) in [7, 11) is 0. The van der Waals surface area contributed by atoms with Gasteiger partial charge in [-0.05, 0) is 25.3 Å². The zero-order valence-electron chi connectivity index (χ0n) is 18.1. The molecule has 0 radical (unpaired) electrons. The first kappa shape index (κ1) is 22.4. The number of nitrogens with one attached hydrogen (secondary N) is 1. The van der Waals surface area contributed by atoms with Crippen molar-refractivity contribution in [3.63, 3.8) is 0 Å². The lowest BCUT2D eigenvalue weighted by atomic mass is 9.82. The molecule has 1 N–H and O–H groups in total. The van der Waals surface area contributed by atoms with Gasteiger partial charge in [-0.3, -0.25) is 14.4 Å². The Kier molecular flexibility index (Phi) is 7.00. The average molecular weight is 421 g/mol. The van der Waals surface area contributed by atoms with Crippen LogP contribution in [0.5, 0.6) is 0 Å². The van der Waals surface area contributed by atoms with Crippen molar-refractivity contribution in [2.75, 3.05) is 6.61 Å². The van der Waals surface area contributed by atoms with E-state index in [-0.39, 0.29) is 34.1 Å². The van der Waals surface area contributed by atoms with E-state index in [0.29, 0.717) is 11.5 Å². The molecule has 3 rings (SSSR count). The Hall–Kier alpha value is -3.28. The fraction of sp³-hybridized carbons (Fsp3) is 0.360. The van der Waals surface area contributed by atoms with E-state index in [4.69, 9.17) is 4.74 Å². The number of amides is 1. The molecule has 0 spiro atoms. The summed E-state index contributed by atoms with van der Waals surface area (Å²) in [4.78, 5) is 50.5. The van der Waals surface area contributed by atoms with Crippen molar-refractivity contribution in [2.24, 2.45) is 5.92 Å². The minimum Gasteiger partial charge on any atom is -0.452 e. The zero-order chi connectivity index (χ0) is 22.5. The fourth-order valence-corrected chi connectivity index (χ4v) is 3.74. The summed E-state index contributed by atoms with van der Waals surface area (Å²) in [5.41, 5.74) is 0.757. The molecule has 0 aliphatic heterocycles. The molecule has 2 aromatic rings. The van der Waals surface area contributed by atoms with E-state index in [1.54, 1.807) is 24.3 Å². The SMILES string of the molecule is CC(C)CCC[C@@H](C)NC(=O)COC(=O)c1cccc2c1C(=O)c1ccccc1C2=O. The summed E-state index contributed by atoms with van der Waals surface area (Å²) in [5.74, 6) is -1.31. The third-order valence-electron chi connectivity index (χ3n) is 5.33. The van der Waals surface area contributed by atoms with E-state index >= 15 is 0 Å². The molecule has 0 fully saturated rings. The standard InChI is InChI=1S/C25H27NO5/c1-15(2)8-6-9-16(3)26-21(27)14-31-25(30)20-13-7-12-19-22(20)24(29)18-11-5-4-10-17(18)23(19)28/h4-5,7,10-13,15-16H,6,8-9,14H2,1-3H3,(H,26,27)/t16-/m1/s1. The highest BCUT2D eigenvalue weighted by Crippen LogP contribution is 2.29. The van der Waals surface area contributed by atoms with Crippen molar-refractivity contribution in [3.05, 3.63) is 70.3 Å². The monoisotopic (exact) mass is 421 g/mol. The molecule has 0 heterocycles. The smallest absolute Gasteiger partial charge is 0.339 e. The molecule has 6 nitrogen and oxygen atoms in total. The highest BCUT2D eigenvalue weighted by atomic mass is 16.5. The van der Waals surface area contributed by atoms with Crippen molar-refractivity contribution in [3.8, 4) is 0 Å². The third-order valence-corrected chi connectivity index (χ3v) is 5.33. The molecule has 1 amide bonds. The van der Waals surface area contributed by atoms with Crippen LogP contribution in [0.2, 0.25) is 0 Å². The van der Waals surface area contributed by atoms with Gasteiger partial charge in [-0.1, -0.05) is 63.1 Å². The van der Waals surface area contributed by atoms with Gasteiger partial charge in [-0.2, -0.15) is 0 Å². The average Bonchev–Trinajstić information content (AvgIpc) is 2.75. The minimum absolute atomic E-state index is 0.0110. The molecular weight excluding hydrogens is 394 g/mol. The Morgan fingerprint density at radius 3 is 2.19 bits per heavy atom. The van der Waals surface area contributed by atoms with Crippen molar-refractivity contribution in [1.29, 1.82) is 0 Å². The molecule has 0 saturated heterocycles. The van der Waals surface area contributed by atoms with Gasteiger partial charge in [-0.25, -0.2) is 4.79 Å². The lowest BCUT2D eigenvalue weighted by molar-refractivity contribution is -0.124. The van der Waals surface area contributed by atoms with Gasteiger partial charge >= 0.3 is 5.97 Å². The Labute approximate surface area is 182 Å². The summed E-state index contributed by atoms with van der Waals surface area (Å²) in [6, 6.07) is 11.0. The van der Waals surface area contributed by atoms with Crippen LogP contribution in [0.1, 0.15) is 82.2 Å². The van der Waals surface area contributed by atoms with E-state index < -0.39 is 24.3 Å². The largest absolute Gasteiger partial charge is 0.452 e. The normalized spacial score (nSPS) is 13.4. The van der Waals surface area contributed by atoms with E-state index in [2.05, 4.69) is 19.2 Å². The second-order valence-corrected chi connectivity index (χ2v) is 8.30. The predicted molar refractivity (Wildman–Crippen MR) is 116 cm³/mol. The van der Waals surface area contributed by atoms with Crippen LogP contribution in [0, 0.1) is 5.92 Å². The number of carbonyl (C=O) groups excluding carboxylic acids is 4. The topological polar surface area (TPSA) is 89.5 Å². The van der Waals surface area contributed by atoms with Crippen LogP contribution in [-0.2, 0) is 9.53 Å². The molecule has 0 saturated carbocycles. The number of rotatable bonds is 8. The number of benzene rings is 2. The number of ether oxygens (including phenoxy) is 1. The first-order valence-corrected chi connectivity index (χ1v) is 10.6. The highest BCUT2D eigenvalue weighted by molar-refractivity contribution is 6.30. The number of ketones is 2. The van der Waals surface area contributed by atoms with Crippen molar-refractivity contribution in [1.82, 2.24) is 5.32 Å². The summed E-state index contributed by atoms with van der Waals surface area (Å²) in [5, 5.41) is 2.81. The van der Waals surface area contributed by atoms with E-state index in [1.165, 1.54) is 18.2 Å². The Bertz CT molecular complexity index is 1020. The summed E-state index contributed by atoms with van der Waals surface area (Å²) >= 11 is 0. The molecule has 1 atom stereocenters. The maximum absolute atomic E-state index is 13.0. The van der Waals surface area contributed by atoms with Crippen LogP contribution in [-0.4, -0.2) is 36.1 Å². The molecule has 2 aromatic carbocycles. The lowest BCUT2D eigenvalue weighted by Crippen LogP contribution is -2.36. The van der Waals surface area contributed by atoms with Crippen molar-refractivity contribution in [2.45, 2.75) is 46.1 Å². The fourth-order valence-electron chi connectivity index (χ4n) is 3.74. The van der Waals surface area contributed by atoms with Gasteiger partial charge in [0.2, 0.25) is 0 Å². The maximum atomic E-state index is 13.0. The van der Waals surface area contributed by atoms with Crippen LogP contribution in [0.4, 0.5) is 0 Å². The molecule has 31 heavy (non-hydrogen) atoms. The van der Waals surface area contributed by atoms with Gasteiger partial charge in [-0.15, -0.1) is 0 Å². The van der Waals surface area contributed by atoms with Gasteiger partial charge in [0.05, 0.1) is 5.56 Å². The maximum Gasteiger partial charge on any atom is 0.339 e. The number of esters is 1. The summed E-state index contributed by atoms with van der Waals surface area (Å²) in [6.45, 7) is 5.77. The highest BCUT2D eigenvalue weighted by Gasteiger charge is 2.33. The summed E-state index contributed by atoms with van der Waals surface area (Å²) < 4.78 is 5.16. The second-order valence-electron chi connectivity index (χ2n) is 8.30. The van der Waals surface area contributed by atoms with Gasteiger partial charge in [0.25, 0.3) is 5.91 Å². The van der Waals surface area contributed by atoms with Gasteiger partial charge in [0.15, 0.2) is 18.2 Å². The Morgan fingerprint density at radius 2 is 1.52 bits per heavy atom. The predicted octanol–water partition coefficient (Wildman–Crippen LogP) is 3.95. The molecule has 6 heteroatoms. The van der Waals surface area contributed by atoms with Crippen LogP contribution in [0.25, 0.3) is 0 Å². The quantitative estimate of drug-likeness (QED) is 0.556. The molecule has 1 aliphatic rings. The van der Waals surface area contributed by atoms with Crippen LogP contribution in [0.3, 0.4) is 0 Å². The minimum atomic E-state index is -0.806. The third kappa shape index (κ3) is 5.08. The molecule has 0 unspecified atom stereocenters. The van der Waals surface area contributed by atoms with Gasteiger partial charge in [0, 0.05) is 28.3 Å². The number of hydrogen-bond acceptors (Lipinski definition) is 5. The van der Waals surface area contributed by atoms with Crippen molar-refractivity contribution >= 4 is 23.4 Å². The zero-order valence-corrected chi connectivity index (χ0v) is 18.1. The second kappa shape index (κ2) is 9.69. The molecular formula is C25H27NO5. The number of carbonyl (C=O) groups is 4. The van der Waals surface area contributed by atoms with Gasteiger partial charge in [0.1, 0.15) is 0 Å². The van der Waals surface area contributed by atoms with Crippen LogP contribution >= 0.6 is 0 Å². The number of hydrogen-bond donors (Lipinski definition) is 1. The van der Waals surface area contributed by atoms with E-state index in [0.717, 1.165) is 19.3 Å². The Morgan fingerprint density at radius 1 is 0.871 bits per heavy atom. The first-order valence-electron chi connectivity index (χ1n) is 10.6. The number of fused-ring (bicyclic) bond motifs is 2. The molecule has 0 bridgehead atoms. The van der Waals surface area contributed by atoms with Gasteiger partial charge < -0.3 is 10.1 Å². The molecule has 0 aromatic heterocycles. The van der Waals surface area contributed by atoms with Crippen molar-refractivity contribution < 1.29 is 23.9 Å². The van der Waals surface area contributed by atoms with E-state index in [1.807, 2.05) is 6.92 Å². The molecule has 162 valence electrons. The first-order chi connectivity index (χ1) is 14.8.